The largest absolute Gasteiger partial charge is 0.487 e. The Hall–Kier alpha value is -4.20. The number of anilines is 4. The fourth-order valence-electron chi connectivity index (χ4n) is 4.12. The number of nitrogens with one attached hydrogen (secondary N) is 3. The van der Waals surface area contributed by atoms with Crippen LogP contribution in [0, 0.1) is 12.7 Å². The van der Waals surface area contributed by atoms with Gasteiger partial charge in [0.1, 0.15) is 18.4 Å². The molecule has 36 heavy (non-hydrogen) atoms. The van der Waals surface area contributed by atoms with Crippen molar-refractivity contribution in [2.75, 3.05) is 66.9 Å². The second kappa shape index (κ2) is 9.45. The second-order valence-electron chi connectivity index (χ2n) is 8.42. The number of ether oxygens (including phenoxy) is 3. The third kappa shape index (κ3) is 4.42. The summed E-state index contributed by atoms with van der Waals surface area (Å²) >= 11 is 0. The van der Waals surface area contributed by atoms with E-state index in [4.69, 9.17) is 14.2 Å². The first-order chi connectivity index (χ1) is 17.3. The highest BCUT2D eigenvalue weighted by molar-refractivity contribution is 6.04. The summed E-state index contributed by atoms with van der Waals surface area (Å²) in [6.07, 6.45) is 0.302. The van der Waals surface area contributed by atoms with Gasteiger partial charge in [0.15, 0.2) is 29.8 Å². The van der Waals surface area contributed by atoms with Crippen molar-refractivity contribution in [2.45, 2.75) is 13.0 Å². The number of likely N-dealkylation sites (N-methyl/N-ethyl adjacent to an activating group) is 1. The van der Waals surface area contributed by atoms with Crippen LogP contribution in [0.5, 0.6) is 11.6 Å². The lowest BCUT2D eigenvalue weighted by molar-refractivity contribution is -0.119. The Bertz CT molecular complexity index is 1240. The lowest BCUT2D eigenvalue weighted by atomic mass is 10.1. The molecule has 14 heteroatoms. The highest BCUT2D eigenvalue weighted by Gasteiger charge is 2.34. The first-order valence-electron chi connectivity index (χ1n) is 11.3. The fourth-order valence-corrected chi connectivity index (χ4v) is 4.12. The number of aromatic nitrogens is 2. The molecule has 13 nitrogen and oxygen atoms in total. The van der Waals surface area contributed by atoms with Crippen LogP contribution in [-0.2, 0) is 14.3 Å². The molecule has 1 aromatic carbocycles. The molecule has 0 aliphatic carbocycles. The molecule has 3 aliphatic heterocycles. The van der Waals surface area contributed by atoms with Crippen LogP contribution in [0.3, 0.4) is 0 Å². The van der Waals surface area contributed by atoms with E-state index in [0.717, 1.165) is 0 Å². The Morgan fingerprint density at radius 2 is 2.17 bits per heavy atom. The molecule has 0 unspecified atom stereocenters. The van der Waals surface area contributed by atoms with Gasteiger partial charge in [0.2, 0.25) is 5.91 Å². The molecule has 0 radical (unpaired) electrons. The fraction of sp³-hybridized carbons (Fsp3) is 0.409. The number of rotatable bonds is 7. The Morgan fingerprint density at radius 3 is 3.00 bits per heavy atom. The van der Waals surface area contributed by atoms with Crippen LogP contribution in [0.4, 0.5) is 32.2 Å². The predicted octanol–water partition coefficient (Wildman–Crippen LogP) is 0.637. The summed E-state index contributed by atoms with van der Waals surface area (Å²) in [4.78, 5) is 46.9. The quantitative estimate of drug-likeness (QED) is 0.462. The maximum absolute atomic E-state index is 14.7. The molecule has 5 rings (SSSR count). The summed E-state index contributed by atoms with van der Waals surface area (Å²) in [7, 11) is 1.58. The van der Waals surface area contributed by atoms with Gasteiger partial charge >= 0.3 is 6.09 Å². The van der Waals surface area contributed by atoms with Crippen molar-refractivity contribution in [3.8, 4) is 11.6 Å². The minimum Gasteiger partial charge on any atom is -0.487 e. The zero-order chi connectivity index (χ0) is 25.4. The molecular formula is C22H24FN7O6. The van der Waals surface area contributed by atoms with Crippen molar-refractivity contribution in [1.82, 2.24) is 15.3 Å². The summed E-state index contributed by atoms with van der Waals surface area (Å²) in [5.74, 6) is -0.555. The molecule has 1 fully saturated rings. The monoisotopic (exact) mass is 501 g/mol. The minimum atomic E-state index is -0.594. The van der Waals surface area contributed by atoms with Crippen molar-refractivity contribution < 1.29 is 33.0 Å². The SMILES string of the molecule is Cc1cc(F)c(OCCNC[C@H]2CN(c3cnc4c(n3)NC(=O)CO4)C(=O)O2)c2c1NCC(=O)N2C. The number of hydrogen-bond acceptors (Lipinski definition) is 10. The zero-order valence-corrected chi connectivity index (χ0v) is 19.6. The summed E-state index contributed by atoms with van der Waals surface area (Å²) in [5, 5.41) is 8.68. The smallest absolute Gasteiger partial charge is 0.416 e. The molecule has 190 valence electrons. The van der Waals surface area contributed by atoms with E-state index in [9.17, 15) is 18.8 Å². The van der Waals surface area contributed by atoms with E-state index in [2.05, 4.69) is 25.9 Å². The van der Waals surface area contributed by atoms with Crippen molar-refractivity contribution in [3.05, 3.63) is 23.6 Å². The van der Waals surface area contributed by atoms with Gasteiger partial charge in [0.25, 0.3) is 11.8 Å². The van der Waals surface area contributed by atoms with E-state index in [0.29, 0.717) is 30.0 Å². The van der Waals surface area contributed by atoms with Gasteiger partial charge in [0.05, 0.1) is 25.0 Å². The van der Waals surface area contributed by atoms with Gasteiger partial charge < -0.3 is 35.1 Å². The number of fused-ring (bicyclic) bond motifs is 2. The van der Waals surface area contributed by atoms with Crippen LogP contribution in [0.25, 0.3) is 0 Å². The summed E-state index contributed by atoms with van der Waals surface area (Å²) in [6, 6.07) is 1.37. The van der Waals surface area contributed by atoms with Crippen LogP contribution in [0.15, 0.2) is 12.3 Å². The predicted molar refractivity (Wildman–Crippen MR) is 125 cm³/mol. The van der Waals surface area contributed by atoms with Gasteiger partial charge in [-0.1, -0.05) is 0 Å². The lowest BCUT2D eigenvalue weighted by Crippen LogP contribution is -2.38. The Kier molecular flexibility index (Phi) is 6.18. The molecule has 3 N–H and O–H groups in total. The Balaban J connectivity index is 1.14. The standard InChI is InChI=1S/C22H24FN7O6/c1-11-5-13(23)19(18-17(11)25-8-16(32)29(18)2)34-4-3-24-6-12-9-30(22(33)36-12)14-7-26-21-20(27-14)28-15(31)10-35-21/h5,7,12,24-25H,3-4,6,8-10H2,1-2H3,(H,27,28,31)/t12-/m0/s1. The van der Waals surface area contributed by atoms with Gasteiger partial charge in [-0.3, -0.25) is 14.5 Å². The molecule has 1 aromatic heterocycles. The number of amides is 3. The van der Waals surface area contributed by atoms with E-state index in [1.807, 2.05) is 0 Å². The van der Waals surface area contributed by atoms with Crippen LogP contribution >= 0.6 is 0 Å². The number of carbonyl (C=O) groups is 3. The number of hydrogen-bond donors (Lipinski definition) is 3. The molecule has 4 heterocycles. The Morgan fingerprint density at radius 1 is 1.33 bits per heavy atom. The van der Waals surface area contributed by atoms with E-state index < -0.39 is 18.0 Å². The van der Waals surface area contributed by atoms with Crippen LogP contribution in [0.2, 0.25) is 0 Å². The first-order valence-corrected chi connectivity index (χ1v) is 11.3. The average Bonchev–Trinajstić information content (AvgIpc) is 3.22. The summed E-state index contributed by atoms with van der Waals surface area (Å²) < 4.78 is 30.9. The number of benzene rings is 1. The number of halogens is 1. The van der Waals surface area contributed by atoms with Crippen LogP contribution in [0.1, 0.15) is 5.56 Å². The van der Waals surface area contributed by atoms with Crippen LogP contribution in [-0.4, -0.2) is 80.4 Å². The maximum atomic E-state index is 14.7. The van der Waals surface area contributed by atoms with Gasteiger partial charge in [-0.15, -0.1) is 0 Å². The summed E-state index contributed by atoms with van der Waals surface area (Å²) in [6.45, 7) is 2.74. The van der Waals surface area contributed by atoms with Gasteiger partial charge in [-0.2, -0.15) is 0 Å². The number of nitrogens with zero attached hydrogens (tertiary/aromatic N) is 4. The third-order valence-electron chi connectivity index (χ3n) is 5.90. The van der Waals surface area contributed by atoms with Crippen molar-refractivity contribution >= 4 is 40.9 Å². The molecule has 0 bridgehead atoms. The van der Waals surface area contributed by atoms with E-state index in [1.54, 1.807) is 14.0 Å². The molecule has 2 aromatic rings. The molecule has 0 saturated carbocycles. The topological polar surface area (TPSA) is 147 Å². The Labute approximate surface area is 204 Å². The number of carbonyl (C=O) groups excluding carboxylic acids is 3. The molecule has 3 aliphatic rings. The number of cyclic esters (lactones) is 1. The van der Waals surface area contributed by atoms with Crippen molar-refractivity contribution in [1.29, 1.82) is 0 Å². The van der Waals surface area contributed by atoms with Gasteiger partial charge in [-0.05, 0) is 18.6 Å². The lowest BCUT2D eigenvalue weighted by Gasteiger charge is -2.30. The first kappa shape index (κ1) is 23.5. The normalized spacial score (nSPS) is 18.6. The summed E-state index contributed by atoms with van der Waals surface area (Å²) in [5.41, 5.74) is 1.71. The van der Waals surface area contributed by atoms with E-state index in [-0.39, 0.29) is 61.4 Å². The van der Waals surface area contributed by atoms with Crippen molar-refractivity contribution in [3.63, 3.8) is 0 Å². The minimum absolute atomic E-state index is 0.000902. The molecule has 0 spiro atoms. The zero-order valence-electron chi connectivity index (χ0n) is 19.6. The molecular weight excluding hydrogens is 477 g/mol. The molecule has 3 amide bonds. The highest BCUT2D eigenvalue weighted by atomic mass is 19.1. The van der Waals surface area contributed by atoms with Gasteiger partial charge in [-0.25, -0.2) is 19.2 Å². The van der Waals surface area contributed by atoms with Crippen LogP contribution < -0.4 is 35.2 Å². The van der Waals surface area contributed by atoms with Crippen molar-refractivity contribution in [2.24, 2.45) is 0 Å². The molecule has 1 atom stereocenters. The second-order valence-corrected chi connectivity index (χ2v) is 8.42. The number of aryl methyl sites for hydroxylation is 1. The third-order valence-corrected chi connectivity index (χ3v) is 5.90. The average molecular weight is 501 g/mol. The highest BCUT2D eigenvalue weighted by Crippen LogP contribution is 2.42. The molecule has 1 saturated heterocycles. The van der Waals surface area contributed by atoms with E-state index in [1.165, 1.54) is 22.1 Å². The van der Waals surface area contributed by atoms with E-state index >= 15 is 0 Å². The van der Waals surface area contributed by atoms with Gasteiger partial charge in [0, 0.05) is 20.1 Å². The maximum Gasteiger partial charge on any atom is 0.416 e.